The molecule has 0 N–H and O–H groups in total. The van der Waals surface area contributed by atoms with Crippen LogP contribution in [0.1, 0.15) is 45.7 Å². The topological polar surface area (TPSA) is 6.48 Å². The fraction of sp³-hybridized carbons (Fsp3) is 0.684. The molecular weight excluding hydrogens is 294 g/mol. The maximum atomic E-state index is 13.5. The lowest BCUT2D eigenvalue weighted by atomic mass is 9.91. The van der Waals surface area contributed by atoms with E-state index < -0.39 is 12.3 Å². The molecule has 0 aliphatic carbocycles. The molecule has 0 amide bonds. The van der Waals surface area contributed by atoms with Gasteiger partial charge in [-0.3, -0.25) is 9.80 Å². The molecule has 1 aliphatic rings. The Bertz CT molecular complexity index is 509. The van der Waals surface area contributed by atoms with Crippen molar-refractivity contribution in [1.29, 1.82) is 0 Å². The van der Waals surface area contributed by atoms with Crippen LogP contribution in [0.25, 0.3) is 0 Å². The molecule has 4 heteroatoms. The highest BCUT2D eigenvalue weighted by molar-refractivity contribution is 5.28. The van der Waals surface area contributed by atoms with Crippen LogP contribution in [0, 0.1) is 0 Å². The van der Waals surface area contributed by atoms with E-state index in [0.29, 0.717) is 0 Å². The van der Waals surface area contributed by atoms with Crippen molar-refractivity contribution in [3.8, 4) is 0 Å². The number of alkyl halides is 2. The van der Waals surface area contributed by atoms with Crippen LogP contribution in [0.4, 0.5) is 8.78 Å². The van der Waals surface area contributed by atoms with E-state index in [1.54, 1.807) is 0 Å². The lowest BCUT2D eigenvalue weighted by Crippen LogP contribution is -2.40. The SMILES string of the molecule is CN(Cc1ccc(C(C)(C)N2C[C@@H](F)[C@H](F)C2)cc1)C(C)(C)C. The fourth-order valence-corrected chi connectivity index (χ4v) is 2.89. The molecule has 130 valence electrons. The summed E-state index contributed by atoms with van der Waals surface area (Å²) in [4.78, 5) is 4.20. The minimum atomic E-state index is -1.37. The van der Waals surface area contributed by atoms with Crippen LogP contribution in [0.5, 0.6) is 0 Å². The maximum Gasteiger partial charge on any atom is 0.145 e. The molecule has 1 aliphatic heterocycles. The maximum absolute atomic E-state index is 13.5. The van der Waals surface area contributed by atoms with E-state index in [1.165, 1.54) is 5.56 Å². The third kappa shape index (κ3) is 4.10. The quantitative estimate of drug-likeness (QED) is 0.821. The molecule has 1 fully saturated rings. The zero-order valence-corrected chi connectivity index (χ0v) is 15.2. The molecule has 1 saturated heterocycles. The molecule has 0 bridgehead atoms. The number of hydrogen-bond acceptors (Lipinski definition) is 2. The number of likely N-dealkylation sites (tertiary alicyclic amines) is 1. The minimum absolute atomic E-state index is 0.125. The summed E-state index contributed by atoms with van der Waals surface area (Å²) in [5.74, 6) is 0. The van der Waals surface area contributed by atoms with Crippen LogP contribution < -0.4 is 0 Å². The molecule has 1 aromatic rings. The van der Waals surface area contributed by atoms with Gasteiger partial charge in [0.1, 0.15) is 12.3 Å². The predicted octanol–water partition coefficient (Wildman–Crippen LogP) is 4.14. The molecule has 0 aromatic heterocycles. The highest BCUT2D eigenvalue weighted by Crippen LogP contribution is 2.33. The first-order chi connectivity index (χ1) is 10.5. The third-order valence-corrected chi connectivity index (χ3v) is 5.20. The zero-order chi connectivity index (χ0) is 17.4. The molecule has 1 heterocycles. The van der Waals surface area contributed by atoms with Gasteiger partial charge in [0, 0.05) is 30.7 Å². The molecule has 1 aromatic carbocycles. The summed E-state index contributed by atoms with van der Waals surface area (Å²) < 4.78 is 27.0. The second-order valence-corrected chi connectivity index (χ2v) is 8.22. The normalized spacial score (nSPS) is 23.7. The van der Waals surface area contributed by atoms with Gasteiger partial charge in [0.05, 0.1) is 0 Å². The Morgan fingerprint density at radius 1 is 1.00 bits per heavy atom. The number of halogens is 2. The van der Waals surface area contributed by atoms with Gasteiger partial charge in [0.2, 0.25) is 0 Å². The highest BCUT2D eigenvalue weighted by Gasteiger charge is 2.40. The van der Waals surface area contributed by atoms with Crippen LogP contribution in [0.2, 0.25) is 0 Å². The fourth-order valence-electron chi connectivity index (χ4n) is 2.89. The van der Waals surface area contributed by atoms with E-state index in [-0.39, 0.29) is 24.2 Å². The van der Waals surface area contributed by atoms with Crippen LogP contribution in [-0.4, -0.2) is 47.8 Å². The summed E-state index contributed by atoms with van der Waals surface area (Å²) in [7, 11) is 2.12. The largest absolute Gasteiger partial charge is 0.297 e. The van der Waals surface area contributed by atoms with Crippen molar-refractivity contribution >= 4 is 0 Å². The molecule has 0 saturated carbocycles. The molecule has 0 unspecified atom stereocenters. The Balaban J connectivity index is 2.10. The summed E-state index contributed by atoms with van der Waals surface area (Å²) >= 11 is 0. The molecule has 23 heavy (non-hydrogen) atoms. The Labute approximate surface area is 139 Å². The molecule has 2 rings (SSSR count). The highest BCUT2D eigenvalue weighted by atomic mass is 19.2. The Hall–Kier alpha value is -1.00. The Kier molecular flexibility index (Phi) is 5.17. The van der Waals surface area contributed by atoms with Gasteiger partial charge < -0.3 is 0 Å². The first-order valence-corrected chi connectivity index (χ1v) is 8.35. The number of rotatable bonds is 4. The first-order valence-electron chi connectivity index (χ1n) is 8.35. The van der Waals surface area contributed by atoms with Crippen LogP contribution in [0.15, 0.2) is 24.3 Å². The first kappa shape index (κ1) is 18.3. The van der Waals surface area contributed by atoms with Gasteiger partial charge in [-0.15, -0.1) is 0 Å². The zero-order valence-electron chi connectivity index (χ0n) is 15.2. The molecule has 2 atom stereocenters. The van der Waals surface area contributed by atoms with Crippen molar-refractivity contribution in [1.82, 2.24) is 9.80 Å². The van der Waals surface area contributed by atoms with E-state index in [0.717, 1.165) is 12.1 Å². The van der Waals surface area contributed by atoms with Gasteiger partial charge in [-0.25, -0.2) is 8.78 Å². The lowest BCUT2D eigenvalue weighted by Gasteiger charge is -2.36. The predicted molar refractivity (Wildman–Crippen MR) is 92.1 cm³/mol. The second-order valence-electron chi connectivity index (χ2n) is 8.22. The van der Waals surface area contributed by atoms with E-state index in [1.807, 2.05) is 18.7 Å². The summed E-state index contributed by atoms with van der Waals surface area (Å²) in [5, 5.41) is 0. The summed E-state index contributed by atoms with van der Waals surface area (Å²) in [6, 6.07) is 8.42. The van der Waals surface area contributed by atoms with Gasteiger partial charge >= 0.3 is 0 Å². The van der Waals surface area contributed by atoms with Gasteiger partial charge in [-0.2, -0.15) is 0 Å². The van der Waals surface area contributed by atoms with E-state index in [2.05, 4.69) is 57.0 Å². The van der Waals surface area contributed by atoms with E-state index in [9.17, 15) is 8.78 Å². The van der Waals surface area contributed by atoms with Crippen molar-refractivity contribution in [2.45, 2.75) is 64.6 Å². The number of nitrogens with zero attached hydrogens (tertiary/aromatic N) is 2. The van der Waals surface area contributed by atoms with Gasteiger partial charge in [-0.05, 0) is 52.8 Å². The standard InChI is InChI=1S/C19H30F2N2/c1-18(2,3)22(6)11-14-7-9-15(10-8-14)19(4,5)23-12-16(20)17(21)13-23/h7-10,16-17H,11-13H2,1-6H3/t16-,17-/m1/s1. The average molecular weight is 324 g/mol. The summed E-state index contributed by atoms with van der Waals surface area (Å²) in [6.45, 7) is 11.9. The van der Waals surface area contributed by atoms with Gasteiger partial charge in [-0.1, -0.05) is 24.3 Å². The smallest absolute Gasteiger partial charge is 0.145 e. The summed E-state index contributed by atoms with van der Waals surface area (Å²) in [5.41, 5.74) is 2.11. The van der Waals surface area contributed by atoms with Crippen molar-refractivity contribution in [3.63, 3.8) is 0 Å². The number of hydrogen-bond donors (Lipinski definition) is 0. The molecule has 2 nitrogen and oxygen atoms in total. The van der Waals surface area contributed by atoms with Crippen LogP contribution in [-0.2, 0) is 12.1 Å². The lowest BCUT2D eigenvalue weighted by molar-refractivity contribution is 0.140. The van der Waals surface area contributed by atoms with Crippen molar-refractivity contribution in [2.75, 3.05) is 20.1 Å². The van der Waals surface area contributed by atoms with Crippen molar-refractivity contribution in [3.05, 3.63) is 35.4 Å². The molecule has 0 radical (unpaired) electrons. The Morgan fingerprint density at radius 2 is 1.48 bits per heavy atom. The van der Waals surface area contributed by atoms with E-state index in [4.69, 9.17) is 0 Å². The summed E-state index contributed by atoms with van der Waals surface area (Å²) in [6.07, 6.45) is -2.73. The second kappa shape index (κ2) is 6.48. The average Bonchev–Trinajstić information content (AvgIpc) is 2.79. The molecule has 0 spiro atoms. The van der Waals surface area contributed by atoms with Crippen LogP contribution >= 0.6 is 0 Å². The third-order valence-electron chi connectivity index (χ3n) is 5.20. The monoisotopic (exact) mass is 324 g/mol. The van der Waals surface area contributed by atoms with Crippen molar-refractivity contribution < 1.29 is 8.78 Å². The van der Waals surface area contributed by atoms with Crippen molar-refractivity contribution in [2.24, 2.45) is 0 Å². The minimum Gasteiger partial charge on any atom is -0.297 e. The Morgan fingerprint density at radius 3 is 1.91 bits per heavy atom. The van der Waals surface area contributed by atoms with E-state index >= 15 is 0 Å². The molecular formula is C19H30F2N2. The van der Waals surface area contributed by atoms with Gasteiger partial charge in [0.15, 0.2) is 0 Å². The number of benzene rings is 1. The van der Waals surface area contributed by atoms with Gasteiger partial charge in [0.25, 0.3) is 0 Å². The van der Waals surface area contributed by atoms with Crippen LogP contribution in [0.3, 0.4) is 0 Å².